The number of nitrogens with zero attached hydrogens (tertiary/aromatic N) is 6. The van der Waals surface area contributed by atoms with Crippen LogP contribution in [0.2, 0.25) is 10.0 Å². The van der Waals surface area contributed by atoms with Gasteiger partial charge in [-0.3, -0.25) is 34.1 Å². The summed E-state index contributed by atoms with van der Waals surface area (Å²) in [6, 6.07) is 9.85. The lowest BCUT2D eigenvalue weighted by atomic mass is 10.0. The van der Waals surface area contributed by atoms with Gasteiger partial charge in [-0.1, -0.05) is 35.7 Å². The van der Waals surface area contributed by atoms with Crippen molar-refractivity contribution in [2.24, 2.45) is 0 Å². The maximum absolute atomic E-state index is 14.2. The summed E-state index contributed by atoms with van der Waals surface area (Å²) in [4.78, 5) is 60.6. The van der Waals surface area contributed by atoms with E-state index in [9.17, 15) is 23.6 Å². The zero-order valence-corrected chi connectivity index (χ0v) is 34.9. The normalized spacial score (nSPS) is 19.3. The number of imide groups is 1. The van der Waals surface area contributed by atoms with Crippen molar-refractivity contribution in [2.75, 3.05) is 43.8 Å². The highest BCUT2D eigenvalue weighted by Gasteiger charge is 2.40. The molecule has 4 N–H and O–H groups in total. The van der Waals surface area contributed by atoms with Gasteiger partial charge in [0.05, 0.1) is 23.3 Å². The van der Waals surface area contributed by atoms with E-state index in [1.54, 1.807) is 36.4 Å². The third-order valence-corrected chi connectivity index (χ3v) is 12.8. The van der Waals surface area contributed by atoms with Gasteiger partial charge in [-0.15, -0.1) is 0 Å². The molecule has 0 spiro atoms. The number of nitrogens with one attached hydrogen (secondary N) is 2. The van der Waals surface area contributed by atoms with Crippen molar-refractivity contribution in [3.05, 3.63) is 87.5 Å². The molecule has 60 heavy (non-hydrogen) atoms. The predicted molar refractivity (Wildman–Crippen MR) is 225 cm³/mol. The van der Waals surface area contributed by atoms with E-state index in [2.05, 4.69) is 25.6 Å². The fourth-order valence-corrected chi connectivity index (χ4v) is 9.35. The largest absolute Gasteiger partial charge is 0.482 e. The minimum atomic E-state index is -0.693. The van der Waals surface area contributed by atoms with E-state index in [4.69, 9.17) is 33.7 Å². The lowest BCUT2D eigenvalue weighted by Gasteiger charge is -2.40. The fourth-order valence-electron chi connectivity index (χ4n) is 8.67. The summed E-state index contributed by atoms with van der Waals surface area (Å²) in [6.45, 7) is 6.18. The number of nitrogen functional groups attached to an aromatic ring is 1. The van der Waals surface area contributed by atoms with Crippen molar-refractivity contribution in [2.45, 2.75) is 89.1 Å². The van der Waals surface area contributed by atoms with Crippen molar-refractivity contribution in [1.82, 2.24) is 34.8 Å². The van der Waals surface area contributed by atoms with Gasteiger partial charge < -0.3 is 25.6 Å². The number of nitrogens with two attached hydrogens (primary N) is 1. The Kier molecular flexibility index (Phi) is 12.3. The van der Waals surface area contributed by atoms with E-state index in [1.165, 1.54) is 12.1 Å². The Morgan fingerprint density at radius 1 is 1.05 bits per heavy atom. The molecule has 2 atom stereocenters. The standard InChI is InChI=1S/C43H48Cl2FN9O5/c1-25(39-32(44)9-10-33(46)40(39)45)60-36-18-26(19-48-41(36)47)27-20-49-55(21-27)29-13-16-53(17-14-29)38(57)8-3-2-4-15-52-22-28(23-52)50-34-7-5-6-30-31(34)24-54(43(30)59)35-11-12-37(56)51-42(35)58/h5-7,9-10,18-21,25,28-29,35,50H,2-4,8,11-17,22-24H2,1H3,(H2,47,48)(H,51,56,58)/t25-,35?/m0/s1. The number of carbonyl (C=O) groups excluding carboxylic acids is 4. The molecular formula is C43H48Cl2FN9O5. The molecule has 4 aliphatic heterocycles. The number of unbranched alkanes of at least 4 members (excludes halogenated alkanes) is 2. The Morgan fingerprint density at radius 3 is 2.63 bits per heavy atom. The van der Waals surface area contributed by atoms with Gasteiger partial charge in [-0.2, -0.15) is 5.10 Å². The summed E-state index contributed by atoms with van der Waals surface area (Å²) in [7, 11) is 0. The Hall–Kier alpha value is -5.25. The zero-order valence-electron chi connectivity index (χ0n) is 33.3. The second kappa shape index (κ2) is 17.8. The number of anilines is 2. The molecule has 14 nitrogen and oxygen atoms in total. The zero-order chi connectivity index (χ0) is 42.1. The summed E-state index contributed by atoms with van der Waals surface area (Å²) in [5, 5.41) is 10.8. The van der Waals surface area contributed by atoms with E-state index >= 15 is 0 Å². The van der Waals surface area contributed by atoms with Crippen molar-refractivity contribution in [3.8, 4) is 16.9 Å². The number of amides is 4. The van der Waals surface area contributed by atoms with Gasteiger partial charge >= 0.3 is 0 Å². The van der Waals surface area contributed by atoms with Crippen LogP contribution in [-0.4, -0.2) is 97.9 Å². The number of aromatic nitrogens is 3. The second-order valence-corrected chi connectivity index (χ2v) is 16.9. The lowest BCUT2D eigenvalue weighted by molar-refractivity contribution is -0.137. The second-order valence-electron chi connectivity index (χ2n) is 16.1. The number of rotatable bonds is 14. The molecule has 0 aliphatic carbocycles. The number of halogens is 3. The van der Waals surface area contributed by atoms with Crippen LogP contribution in [0.15, 0.2) is 55.0 Å². The van der Waals surface area contributed by atoms with E-state index in [-0.39, 0.29) is 52.1 Å². The molecule has 0 radical (unpaired) electrons. The van der Waals surface area contributed by atoms with Gasteiger partial charge in [0.25, 0.3) is 5.91 Å². The van der Waals surface area contributed by atoms with Crippen molar-refractivity contribution in [3.63, 3.8) is 0 Å². The SMILES string of the molecule is C[C@H](Oc1cc(-c2cnn(C3CCN(C(=O)CCCCCN4CC(Nc5cccc6c5CN(C5CCC(=O)NC5=O)C6=O)C4)CC3)c2)cnc1N)c1c(Cl)ccc(F)c1Cl. The number of hydrogen-bond acceptors (Lipinski definition) is 10. The number of fused-ring (bicyclic) bond motifs is 1. The number of benzene rings is 2. The minimum Gasteiger partial charge on any atom is -0.482 e. The smallest absolute Gasteiger partial charge is 0.255 e. The Morgan fingerprint density at radius 2 is 1.85 bits per heavy atom. The number of carbonyl (C=O) groups is 4. The molecule has 3 saturated heterocycles. The maximum atomic E-state index is 14.2. The first-order chi connectivity index (χ1) is 28.9. The first-order valence-corrected chi connectivity index (χ1v) is 21.3. The summed E-state index contributed by atoms with van der Waals surface area (Å²) in [6.07, 6.45) is 10.3. The first-order valence-electron chi connectivity index (χ1n) is 20.6. The topological polar surface area (TPSA) is 168 Å². The molecule has 2 aromatic heterocycles. The molecule has 17 heteroatoms. The highest BCUT2D eigenvalue weighted by molar-refractivity contribution is 6.36. The molecular weight excluding hydrogens is 812 g/mol. The van der Waals surface area contributed by atoms with Crippen LogP contribution in [0.3, 0.4) is 0 Å². The van der Waals surface area contributed by atoms with Crippen molar-refractivity contribution >= 4 is 58.3 Å². The van der Waals surface area contributed by atoms with Crippen LogP contribution in [0.25, 0.3) is 11.1 Å². The molecule has 4 aliphatic rings. The average molecular weight is 861 g/mol. The number of piperidine rings is 2. The fraction of sp³-hybridized carbons (Fsp3) is 0.442. The van der Waals surface area contributed by atoms with Gasteiger partial charge in [0.1, 0.15) is 18.0 Å². The van der Waals surface area contributed by atoms with Crippen LogP contribution in [0.4, 0.5) is 15.9 Å². The minimum absolute atomic E-state index is 0.104. The number of hydrogen-bond donors (Lipinski definition) is 3. The molecule has 8 rings (SSSR count). The van der Waals surface area contributed by atoms with Crippen molar-refractivity contribution < 1.29 is 28.3 Å². The van der Waals surface area contributed by atoms with Crippen LogP contribution >= 0.6 is 23.2 Å². The number of pyridine rings is 1. The van der Waals surface area contributed by atoms with Gasteiger partial charge in [0.2, 0.25) is 17.7 Å². The van der Waals surface area contributed by atoms with Gasteiger partial charge in [0.15, 0.2) is 11.6 Å². The Labute approximate surface area is 357 Å². The van der Waals surface area contributed by atoms with Crippen LogP contribution in [0, 0.1) is 5.82 Å². The van der Waals surface area contributed by atoms with E-state index in [1.807, 2.05) is 27.9 Å². The molecule has 316 valence electrons. The molecule has 0 bridgehead atoms. The first kappa shape index (κ1) is 41.5. The van der Waals surface area contributed by atoms with E-state index in [0.717, 1.165) is 74.1 Å². The average Bonchev–Trinajstić information content (AvgIpc) is 3.85. The molecule has 3 fully saturated rings. The highest BCUT2D eigenvalue weighted by atomic mass is 35.5. The summed E-state index contributed by atoms with van der Waals surface area (Å²) in [5.41, 5.74) is 10.5. The third kappa shape index (κ3) is 8.79. The van der Waals surface area contributed by atoms with Crippen LogP contribution in [0.5, 0.6) is 5.75 Å². The third-order valence-electron chi connectivity index (χ3n) is 12.1. The van der Waals surface area contributed by atoms with Crippen LogP contribution < -0.4 is 21.1 Å². The molecule has 0 saturated carbocycles. The molecule has 6 heterocycles. The number of ether oxygens (including phenoxy) is 1. The lowest BCUT2D eigenvalue weighted by Crippen LogP contribution is -2.54. The summed E-state index contributed by atoms with van der Waals surface area (Å²) >= 11 is 12.5. The van der Waals surface area contributed by atoms with Gasteiger partial charge in [0, 0.05) is 96.5 Å². The van der Waals surface area contributed by atoms with Crippen LogP contribution in [0.1, 0.15) is 91.9 Å². The van der Waals surface area contributed by atoms with E-state index in [0.29, 0.717) is 49.4 Å². The van der Waals surface area contributed by atoms with Gasteiger partial charge in [-0.25, -0.2) is 9.37 Å². The maximum Gasteiger partial charge on any atom is 0.255 e. The monoisotopic (exact) mass is 859 g/mol. The highest BCUT2D eigenvalue weighted by Crippen LogP contribution is 2.38. The molecule has 2 aromatic carbocycles. The molecule has 4 aromatic rings. The predicted octanol–water partition coefficient (Wildman–Crippen LogP) is 6.39. The summed E-state index contributed by atoms with van der Waals surface area (Å²) in [5.74, 6) is -0.779. The van der Waals surface area contributed by atoms with Crippen LogP contribution in [-0.2, 0) is 20.9 Å². The number of likely N-dealkylation sites (tertiary alicyclic amines) is 2. The summed E-state index contributed by atoms with van der Waals surface area (Å²) < 4.78 is 22.2. The molecule has 4 amide bonds. The Balaban J connectivity index is 0.733. The quantitative estimate of drug-likeness (QED) is 0.0734. The Bertz CT molecular complexity index is 2290. The van der Waals surface area contributed by atoms with E-state index < -0.39 is 23.9 Å². The van der Waals surface area contributed by atoms with Gasteiger partial charge in [-0.05, 0) is 75.9 Å². The van der Waals surface area contributed by atoms with Crippen molar-refractivity contribution in [1.29, 1.82) is 0 Å². The molecule has 1 unspecified atom stereocenters.